The molecule has 7 heteroatoms. The minimum absolute atomic E-state index is 0.410. The molecule has 6 nitrogen and oxygen atoms in total. The zero-order valence-corrected chi connectivity index (χ0v) is 17.0. The van der Waals surface area contributed by atoms with Crippen LogP contribution in [0, 0.1) is 20.8 Å². The summed E-state index contributed by atoms with van der Waals surface area (Å²) in [4.78, 5) is 13.6. The summed E-state index contributed by atoms with van der Waals surface area (Å²) in [5.41, 5.74) is 4.15. The Kier molecular flexibility index (Phi) is 4.73. The highest BCUT2D eigenvalue weighted by Crippen LogP contribution is 2.26. The summed E-state index contributed by atoms with van der Waals surface area (Å²) in [6, 6.07) is 11.9. The van der Waals surface area contributed by atoms with Gasteiger partial charge in [-0.15, -0.1) is 0 Å². The van der Waals surface area contributed by atoms with Gasteiger partial charge in [0.15, 0.2) is 5.82 Å². The molecule has 0 aliphatic rings. The molecule has 1 N–H and O–H groups in total. The van der Waals surface area contributed by atoms with E-state index in [1.54, 1.807) is 10.7 Å². The van der Waals surface area contributed by atoms with E-state index in [1.807, 2.05) is 26.0 Å². The molecule has 3 heterocycles. The van der Waals surface area contributed by atoms with Crippen LogP contribution in [0.5, 0.6) is 0 Å². The third-order valence-corrected chi connectivity index (χ3v) is 4.79. The molecule has 4 rings (SSSR count). The number of rotatable bonds is 4. The highest BCUT2D eigenvalue weighted by molar-refractivity contribution is 6.29. The van der Waals surface area contributed by atoms with E-state index in [4.69, 9.17) is 16.6 Å². The molecule has 0 fully saturated rings. The molecule has 4 aromatic rings. The summed E-state index contributed by atoms with van der Waals surface area (Å²) >= 11 is 6.13. The lowest BCUT2D eigenvalue weighted by atomic mass is 10.1. The van der Waals surface area contributed by atoms with Crippen molar-refractivity contribution < 1.29 is 0 Å². The van der Waals surface area contributed by atoms with E-state index in [1.165, 1.54) is 0 Å². The Bertz CT molecular complexity index is 1180. The number of hydrogen-bond acceptors (Lipinski definition) is 5. The number of pyridine rings is 1. The number of aromatic nitrogens is 5. The van der Waals surface area contributed by atoms with Crippen molar-refractivity contribution in [3.8, 4) is 5.82 Å². The van der Waals surface area contributed by atoms with Crippen LogP contribution in [0.4, 0.5) is 11.6 Å². The molecule has 0 bridgehead atoms. The molecule has 0 atom stereocenters. The Labute approximate surface area is 168 Å². The van der Waals surface area contributed by atoms with E-state index in [2.05, 4.69) is 52.4 Å². The summed E-state index contributed by atoms with van der Waals surface area (Å²) in [7, 11) is 0. The van der Waals surface area contributed by atoms with Crippen LogP contribution >= 0.6 is 11.6 Å². The van der Waals surface area contributed by atoms with Gasteiger partial charge < -0.3 is 5.32 Å². The summed E-state index contributed by atoms with van der Waals surface area (Å²) in [5.74, 6) is 2.85. The van der Waals surface area contributed by atoms with Crippen LogP contribution in [0.3, 0.4) is 0 Å². The minimum atomic E-state index is 0.410. The number of hydrogen-bond donors (Lipinski definition) is 1. The van der Waals surface area contributed by atoms with E-state index in [-0.39, 0.29) is 0 Å². The van der Waals surface area contributed by atoms with Crippen molar-refractivity contribution in [2.75, 3.05) is 5.32 Å². The van der Waals surface area contributed by atoms with Gasteiger partial charge in [0, 0.05) is 23.9 Å². The Balaban J connectivity index is 1.82. The first kappa shape index (κ1) is 18.4. The van der Waals surface area contributed by atoms with Crippen LogP contribution in [0.1, 0.15) is 29.6 Å². The number of halogens is 1. The van der Waals surface area contributed by atoms with E-state index >= 15 is 0 Å². The first-order valence-corrected chi connectivity index (χ1v) is 9.57. The molecule has 0 radical (unpaired) electrons. The van der Waals surface area contributed by atoms with Gasteiger partial charge in [-0.25, -0.2) is 15.0 Å². The number of para-hydroxylation sites is 1. The zero-order valence-electron chi connectivity index (χ0n) is 16.3. The molecular formula is C21H21ClN6. The second-order valence-corrected chi connectivity index (χ2v) is 7.21. The molecule has 0 aliphatic carbocycles. The molecular weight excluding hydrogens is 372 g/mol. The number of fused-ring (bicyclic) bond motifs is 1. The van der Waals surface area contributed by atoms with E-state index in [0.29, 0.717) is 23.2 Å². The fraction of sp³-hybridized carbons (Fsp3) is 0.238. The average molecular weight is 393 g/mol. The Morgan fingerprint density at radius 1 is 1.00 bits per heavy atom. The number of aryl methyl sites for hydroxylation is 4. The molecule has 0 unspecified atom stereocenters. The second kappa shape index (κ2) is 7.20. The lowest BCUT2D eigenvalue weighted by Crippen LogP contribution is -2.07. The van der Waals surface area contributed by atoms with Crippen molar-refractivity contribution in [3.63, 3.8) is 0 Å². The topological polar surface area (TPSA) is 68.5 Å². The van der Waals surface area contributed by atoms with Gasteiger partial charge in [0.25, 0.3) is 0 Å². The summed E-state index contributed by atoms with van der Waals surface area (Å²) in [6.45, 7) is 8.11. The third-order valence-electron chi connectivity index (χ3n) is 4.60. The molecule has 0 saturated carbocycles. The van der Waals surface area contributed by atoms with Crippen molar-refractivity contribution in [2.24, 2.45) is 0 Å². The molecule has 1 aromatic carbocycles. The van der Waals surface area contributed by atoms with Gasteiger partial charge in [-0.3, -0.25) is 0 Å². The van der Waals surface area contributed by atoms with Gasteiger partial charge in [0.1, 0.15) is 22.6 Å². The summed E-state index contributed by atoms with van der Waals surface area (Å²) in [6.07, 6.45) is 0.707. The van der Waals surface area contributed by atoms with Crippen LogP contribution < -0.4 is 5.32 Å². The molecule has 0 aliphatic heterocycles. The third kappa shape index (κ3) is 3.43. The van der Waals surface area contributed by atoms with Gasteiger partial charge in [0.05, 0.1) is 11.2 Å². The maximum absolute atomic E-state index is 6.13. The smallest absolute Gasteiger partial charge is 0.156 e. The second-order valence-electron chi connectivity index (χ2n) is 6.82. The number of nitrogens with one attached hydrogen (secondary N) is 1. The number of benzene rings is 1. The molecule has 142 valence electrons. The zero-order chi connectivity index (χ0) is 19.8. The van der Waals surface area contributed by atoms with Crippen LogP contribution in [-0.2, 0) is 6.42 Å². The van der Waals surface area contributed by atoms with Crippen molar-refractivity contribution in [1.82, 2.24) is 24.7 Å². The Hall–Kier alpha value is -2.99. The largest absolute Gasteiger partial charge is 0.325 e. The molecule has 28 heavy (non-hydrogen) atoms. The standard InChI is InChI=1S/C21H21ClN6/c1-5-17-23-16(22)11-18(24-17)25-20-10-14(4)27-28(20)19-9-13(3)15-8-6-7-12(2)21(15)26-19/h6-11H,5H2,1-4H3,(H,23,24,25). The maximum atomic E-state index is 6.13. The first-order valence-electron chi connectivity index (χ1n) is 9.19. The average Bonchev–Trinajstić information content (AvgIpc) is 3.02. The molecule has 0 spiro atoms. The van der Waals surface area contributed by atoms with Crippen LogP contribution in [-0.4, -0.2) is 24.7 Å². The first-order chi connectivity index (χ1) is 13.4. The predicted octanol–water partition coefficient (Wildman–Crippen LogP) is 5.10. The van der Waals surface area contributed by atoms with Gasteiger partial charge in [-0.05, 0) is 38.0 Å². The monoisotopic (exact) mass is 392 g/mol. The van der Waals surface area contributed by atoms with Crippen LogP contribution in [0.25, 0.3) is 16.7 Å². The minimum Gasteiger partial charge on any atom is -0.325 e. The molecule has 0 amide bonds. The van der Waals surface area contributed by atoms with Crippen molar-refractivity contribution in [1.29, 1.82) is 0 Å². The van der Waals surface area contributed by atoms with Crippen molar-refractivity contribution in [2.45, 2.75) is 34.1 Å². The normalized spacial score (nSPS) is 11.2. The summed E-state index contributed by atoms with van der Waals surface area (Å²) in [5, 5.41) is 9.51. The highest BCUT2D eigenvalue weighted by atomic mass is 35.5. The van der Waals surface area contributed by atoms with Crippen molar-refractivity contribution in [3.05, 3.63) is 64.2 Å². The highest BCUT2D eigenvalue weighted by Gasteiger charge is 2.13. The van der Waals surface area contributed by atoms with Gasteiger partial charge >= 0.3 is 0 Å². The van der Waals surface area contributed by atoms with Crippen LogP contribution in [0.15, 0.2) is 36.4 Å². The number of anilines is 2. The molecule has 3 aromatic heterocycles. The van der Waals surface area contributed by atoms with Gasteiger partial charge in [0.2, 0.25) is 0 Å². The predicted molar refractivity (Wildman–Crippen MR) is 113 cm³/mol. The quantitative estimate of drug-likeness (QED) is 0.489. The lowest BCUT2D eigenvalue weighted by molar-refractivity contribution is 0.841. The Morgan fingerprint density at radius 3 is 2.61 bits per heavy atom. The van der Waals surface area contributed by atoms with E-state index < -0.39 is 0 Å². The lowest BCUT2D eigenvalue weighted by Gasteiger charge is -2.12. The summed E-state index contributed by atoms with van der Waals surface area (Å²) < 4.78 is 1.80. The Morgan fingerprint density at radius 2 is 1.82 bits per heavy atom. The van der Waals surface area contributed by atoms with Gasteiger partial charge in [-0.1, -0.05) is 36.7 Å². The van der Waals surface area contributed by atoms with Crippen molar-refractivity contribution >= 4 is 34.1 Å². The van der Waals surface area contributed by atoms with E-state index in [9.17, 15) is 0 Å². The molecule has 0 saturated heterocycles. The van der Waals surface area contributed by atoms with Crippen LogP contribution in [0.2, 0.25) is 5.15 Å². The fourth-order valence-electron chi connectivity index (χ4n) is 3.23. The SMILES string of the molecule is CCc1nc(Cl)cc(Nc2cc(C)nn2-c2cc(C)c3cccc(C)c3n2)n1. The fourth-order valence-corrected chi connectivity index (χ4v) is 3.43. The van der Waals surface area contributed by atoms with E-state index in [0.717, 1.165) is 39.4 Å². The number of nitrogens with zero attached hydrogens (tertiary/aromatic N) is 5. The maximum Gasteiger partial charge on any atom is 0.156 e. The van der Waals surface area contributed by atoms with Gasteiger partial charge in [-0.2, -0.15) is 9.78 Å².